The fourth-order valence-corrected chi connectivity index (χ4v) is 3.55. The molecule has 0 bridgehead atoms. The van der Waals surface area contributed by atoms with E-state index in [1.165, 1.54) is 10.6 Å². The SMILES string of the molecule is CC[C@@H](Oc1ccc(Cl)c(C)c1)C(=O)N1CCN(S(C)(=O)=O)CC1. The molecule has 0 aromatic heterocycles. The third kappa shape index (κ3) is 4.62. The standard InChI is InChI=1S/C16H23ClN2O4S/c1-4-15(23-13-5-6-14(17)12(2)11-13)16(20)18-7-9-19(10-8-18)24(3,21)22/h5-6,11,15H,4,7-10H2,1-3H3/t15-/m1/s1. The molecule has 1 aliphatic rings. The highest BCUT2D eigenvalue weighted by molar-refractivity contribution is 7.88. The zero-order valence-electron chi connectivity index (χ0n) is 14.2. The molecule has 8 heteroatoms. The van der Waals surface area contributed by atoms with Crippen LogP contribution in [0.2, 0.25) is 5.02 Å². The van der Waals surface area contributed by atoms with Crippen LogP contribution in [0.5, 0.6) is 5.75 Å². The number of carbonyl (C=O) groups is 1. The molecule has 0 aliphatic carbocycles. The van der Waals surface area contributed by atoms with E-state index in [9.17, 15) is 13.2 Å². The number of ether oxygens (including phenoxy) is 1. The van der Waals surface area contributed by atoms with E-state index in [0.717, 1.165) is 5.56 Å². The monoisotopic (exact) mass is 374 g/mol. The van der Waals surface area contributed by atoms with Gasteiger partial charge in [0.05, 0.1) is 6.26 Å². The Morgan fingerprint density at radius 3 is 2.42 bits per heavy atom. The van der Waals surface area contributed by atoms with E-state index in [1.54, 1.807) is 23.1 Å². The molecule has 1 amide bonds. The summed E-state index contributed by atoms with van der Waals surface area (Å²) >= 11 is 6.00. The molecule has 1 atom stereocenters. The lowest BCUT2D eigenvalue weighted by atomic mass is 10.2. The molecule has 1 aliphatic heterocycles. The lowest BCUT2D eigenvalue weighted by Gasteiger charge is -2.35. The predicted molar refractivity (Wildman–Crippen MR) is 93.9 cm³/mol. The van der Waals surface area contributed by atoms with E-state index in [0.29, 0.717) is 43.4 Å². The van der Waals surface area contributed by atoms with Gasteiger partial charge in [-0.05, 0) is 37.1 Å². The number of sulfonamides is 1. The van der Waals surface area contributed by atoms with Gasteiger partial charge in [-0.3, -0.25) is 4.79 Å². The highest BCUT2D eigenvalue weighted by atomic mass is 35.5. The minimum atomic E-state index is -3.21. The van der Waals surface area contributed by atoms with Crippen molar-refractivity contribution in [3.8, 4) is 5.75 Å². The van der Waals surface area contributed by atoms with Crippen molar-refractivity contribution in [2.75, 3.05) is 32.4 Å². The Morgan fingerprint density at radius 2 is 1.92 bits per heavy atom. The smallest absolute Gasteiger partial charge is 0.263 e. The number of nitrogens with zero attached hydrogens (tertiary/aromatic N) is 2. The maximum Gasteiger partial charge on any atom is 0.263 e. The maximum atomic E-state index is 12.6. The van der Waals surface area contributed by atoms with E-state index < -0.39 is 16.1 Å². The van der Waals surface area contributed by atoms with Crippen molar-refractivity contribution in [3.05, 3.63) is 28.8 Å². The summed E-state index contributed by atoms with van der Waals surface area (Å²) in [5.74, 6) is 0.491. The van der Waals surface area contributed by atoms with Gasteiger partial charge in [0.2, 0.25) is 10.0 Å². The largest absolute Gasteiger partial charge is 0.481 e. The van der Waals surface area contributed by atoms with Crippen LogP contribution in [0.25, 0.3) is 0 Å². The molecule has 134 valence electrons. The highest BCUT2D eigenvalue weighted by Gasteiger charge is 2.30. The lowest BCUT2D eigenvalue weighted by molar-refractivity contribution is -0.140. The summed E-state index contributed by atoms with van der Waals surface area (Å²) < 4.78 is 30.3. The van der Waals surface area contributed by atoms with E-state index >= 15 is 0 Å². The van der Waals surface area contributed by atoms with Crippen molar-refractivity contribution in [1.82, 2.24) is 9.21 Å². The second-order valence-electron chi connectivity index (χ2n) is 5.91. The zero-order valence-corrected chi connectivity index (χ0v) is 15.7. The first-order chi connectivity index (χ1) is 11.2. The van der Waals surface area contributed by atoms with Crippen molar-refractivity contribution in [1.29, 1.82) is 0 Å². The quantitative estimate of drug-likeness (QED) is 0.789. The van der Waals surface area contributed by atoms with Crippen molar-refractivity contribution in [3.63, 3.8) is 0 Å². The number of amides is 1. The molecule has 1 heterocycles. The molecular formula is C16H23ClN2O4S. The molecule has 1 fully saturated rings. The molecule has 0 spiro atoms. The van der Waals surface area contributed by atoms with E-state index in [1.807, 2.05) is 13.8 Å². The van der Waals surface area contributed by atoms with E-state index in [2.05, 4.69) is 0 Å². The van der Waals surface area contributed by atoms with Crippen molar-refractivity contribution >= 4 is 27.5 Å². The normalized spacial score (nSPS) is 17.6. The summed E-state index contributed by atoms with van der Waals surface area (Å²) in [7, 11) is -3.21. The molecule has 0 unspecified atom stereocenters. The van der Waals surface area contributed by atoms with Gasteiger partial charge in [0.25, 0.3) is 5.91 Å². The van der Waals surface area contributed by atoms with E-state index in [-0.39, 0.29) is 5.91 Å². The summed E-state index contributed by atoms with van der Waals surface area (Å²) in [5.41, 5.74) is 0.887. The number of rotatable bonds is 5. The molecule has 2 rings (SSSR count). The summed E-state index contributed by atoms with van der Waals surface area (Å²) in [6, 6.07) is 5.29. The van der Waals surface area contributed by atoms with Crippen LogP contribution < -0.4 is 4.74 Å². The number of piperazine rings is 1. The average molecular weight is 375 g/mol. The van der Waals surface area contributed by atoms with E-state index in [4.69, 9.17) is 16.3 Å². The fourth-order valence-electron chi connectivity index (χ4n) is 2.61. The fraction of sp³-hybridized carbons (Fsp3) is 0.562. The van der Waals surface area contributed by atoms with Crippen molar-refractivity contribution < 1.29 is 17.9 Å². The Labute approximate surface area is 148 Å². The summed E-state index contributed by atoms with van der Waals surface area (Å²) in [5, 5.41) is 0.652. The third-order valence-electron chi connectivity index (χ3n) is 4.07. The summed E-state index contributed by atoms with van der Waals surface area (Å²) in [4.78, 5) is 14.3. The molecule has 6 nitrogen and oxygen atoms in total. The zero-order chi connectivity index (χ0) is 17.9. The average Bonchev–Trinajstić information content (AvgIpc) is 2.54. The Kier molecular flexibility index (Phi) is 6.11. The van der Waals surface area contributed by atoms with Crippen molar-refractivity contribution in [2.24, 2.45) is 0 Å². The first-order valence-electron chi connectivity index (χ1n) is 7.89. The van der Waals surface area contributed by atoms with Gasteiger partial charge >= 0.3 is 0 Å². The number of hydrogen-bond acceptors (Lipinski definition) is 4. The minimum absolute atomic E-state index is 0.113. The van der Waals surface area contributed by atoms with Crippen LogP contribution in [0.1, 0.15) is 18.9 Å². The predicted octanol–water partition coefficient (Wildman–Crippen LogP) is 1.91. The van der Waals surface area contributed by atoms with Gasteiger partial charge < -0.3 is 9.64 Å². The highest BCUT2D eigenvalue weighted by Crippen LogP contribution is 2.23. The summed E-state index contributed by atoms with van der Waals surface area (Å²) in [6.07, 6.45) is 1.13. The molecule has 0 saturated carbocycles. The second-order valence-corrected chi connectivity index (χ2v) is 8.30. The Bertz CT molecular complexity index is 700. The molecule has 0 radical (unpaired) electrons. The number of benzene rings is 1. The van der Waals surface area contributed by atoms with Crippen LogP contribution in [-0.2, 0) is 14.8 Å². The Morgan fingerprint density at radius 1 is 1.29 bits per heavy atom. The Balaban J connectivity index is 2.00. The summed E-state index contributed by atoms with van der Waals surface area (Å²) in [6.45, 7) is 5.17. The van der Waals surface area contributed by atoms with Gasteiger partial charge in [0.15, 0.2) is 6.10 Å². The number of halogens is 1. The third-order valence-corrected chi connectivity index (χ3v) is 5.80. The topological polar surface area (TPSA) is 66.9 Å². The second kappa shape index (κ2) is 7.72. The Hall–Kier alpha value is -1.31. The number of carbonyl (C=O) groups excluding carboxylic acids is 1. The van der Waals surface area contributed by atoms with Gasteiger partial charge in [-0.1, -0.05) is 18.5 Å². The molecule has 0 N–H and O–H groups in total. The van der Waals surface area contributed by atoms with Crippen LogP contribution in [0.15, 0.2) is 18.2 Å². The van der Waals surface area contributed by atoms with Crippen LogP contribution in [-0.4, -0.2) is 62.1 Å². The first-order valence-corrected chi connectivity index (χ1v) is 10.1. The lowest BCUT2D eigenvalue weighted by Crippen LogP contribution is -2.53. The van der Waals surface area contributed by atoms with Crippen LogP contribution in [0.4, 0.5) is 0 Å². The van der Waals surface area contributed by atoms with Gasteiger partial charge in [-0.25, -0.2) is 8.42 Å². The minimum Gasteiger partial charge on any atom is -0.481 e. The van der Waals surface area contributed by atoms with Crippen LogP contribution in [0.3, 0.4) is 0 Å². The van der Waals surface area contributed by atoms with Gasteiger partial charge in [-0.2, -0.15) is 4.31 Å². The van der Waals surface area contributed by atoms with Crippen LogP contribution in [0, 0.1) is 6.92 Å². The molecule has 1 aromatic rings. The van der Waals surface area contributed by atoms with Crippen LogP contribution >= 0.6 is 11.6 Å². The molecule has 24 heavy (non-hydrogen) atoms. The number of aryl methyl sites for hydroxylation is 1. The van der Waals surface area contributed by atoms with Gasteiger partial charge in [-0.15, -0.1) is 0 Å². The van der Waals surface area contributed by atoms with Gasteiger partial charge in [0.1, 0.15) is 5.75 Å². The maximum absolute atomic E-state index is 12.6. The van der Waals surface area contributed by atoms with Crippen molar-refractivity contribution in [2.45, 2.75) is 26.4 Å². The van der Waals surface area contributed by atoms with Gasteiger partial charge in [0, 0.05) is 31.2 Å². The molecule has 1 aromatic carbocycles. The number of hydrogen-bond donors (Lipinski definition) is 0. The molecule has 1 saturated heterocycles. The molecular weight excluding hydrogens is 352 g/mol. The first kappa shape index (κ1) is 19.0.